The molecule has 0 aromatic carbocycles. The Morgan fingerprint density at radius 2 is 0.541 bits per heavy atom. The maximum Gasteiger partial charge on any atom is 0.472 e. The van der Waals surface area contributed by atoms with Crippen LogP contribution in [0.1, 0.15) is 330 Å². The van der Waals surface area contributed by atoms with Crippen molar-refractivity contribution in [1.82, 2.24) is 0 Å². The Labute approximate surface area is 517 Å². The van der Waals surface area contributed by atoms with Gasteiger partial charge in [0.1, 0.15) is 19.3 Å². The molecule has 19 heteroatoms. The second-order valence-electron chi connectivity index (χ2n) is 24.8. The lowest BCUT2D eigenvalue weighted by Crippen LogP contribution is -2.30. The summed E-state index contributed by atoms with van der Waals surface area (Å²) in [5, 5.41) is 10.5. The lowest BCUT2D eigenvalue weighted by atomic mass is 10.0. The highest BCUT2D eigenvalue weighted by atomic mass is 31.2. The molecule has 0 rings (SSSR count). The summed E-state index contributed by atoms with van der Waals surface area (Å²) in [6.07, 6.45) is 41.9. The van der Waals surface area contributed by atoms with E-state index >= 15 is 0 Å². The quantitative estimate of drug-likeness (QED) is 0.0222. The van der Waals surface area contributed by atoms with Crippen LogP contribution in [0.25, 0.3) is 0 Å². The first kappa shape index (κ1) is 83.1. The average Bonchev–Trinajstić information content (AvgIpc) is 3.61. The van der Waals surface area contributed by atoms with Crippen molar-refractivity contribution >= 4 is 39.5 Å². The lowest BCUT2D eigenvalue weighted by molar-refractivity contribution is -0.161. The van der Waals surface area contributed by atoms with Crippen molar-refractivity contribution < 1.29 is 80.2 Å². The van der Waals surface area contributed by atoms with Gasteiger partial charge >= 0.3 is 39.5 Å². The summed E-state index contributed by atoms with van der Waals surface area (Å²) in [7, 11) is -9.89. The molecular formula is C66H128O17P2. The molecule has 0 bridgehead atoms. The van der Waals surface area contributed by atoms with E-state index in [0.717, 1.165) is 96.3 Å². The van der Waals surface area contributed by atoms with Crippen LogP contribution >= 0.6 is 15.6 Å². The molecule has 3 N–H and O–H groups in total. The summed E-state index contributed by atoms with van der Waals surface area (Å²) in [6.45, 7) is 9.34. The molecule has 504 valence electrons. The number of carbonyl (C=O) groups excluding carboxylic acids is 4. The first-order valence-corrected chi connectivity index (χ1v) is 37.5. The minimum absolute atomic E-state index is 0.101. The third-order valence-electron chi connectivity index (χ3n) is 15.2. The first-order chi connectivity index (χ1) is 40.9. The lowest BCUT2D eigenvalue weighted by Gasteiger charge is -2.21. The number of rotatable bonds is 65. The molecule has 0 saturated carbocycles. The van der Waals surface area contributed by atoms with E-state index in [-0.39, 0.29) is 25.7 Å². The van der Waals surface area contributed by atoms with Gasteiger partial charge in [0, 0.05) is 25.7 Å². The summed E-state index contributed by atoms with van der Waals surface area (Å²) in [5.41, 5.74) is 0. The van der Waals surface area contributed by atoms with Crippen LogP contribution in [0.5, 0.6) is 0 Å². The van der Waals surface area contributed by atoms with E-state index in [1.165, 1.54) is 141 Å². The third kappa shape index (κ3) is 60.7. The van der Waals surface area contributed by atoms with Crippen LogP contribution < -0.4 is 0 Å². The Bertz CT molecular complexity index is 1670. The van der Waals surface area contributed by atoms with E-state index in [1.54, 1.807) is 0 Å². The van der Waals surface area contributed by atoms with Crippen molar-refractivity contribution in [2.24, 2.45) is 11.8 Å². The number of esters is 4. The summed E-state index contributed by atoms with van der Waals surface area (Å²) in [4.78, 5) is 72.3. The van der Waals surface area contributed by atoms with Gasteiger partial charge < -0.3 is 33.8 Å². The van der Waals surface area contributed by atoms with Crippen LogP contribution in [0.2, 0.25) is 0 Å². The van der Waals surface area contributed by atoms with Gasteiger partial charge in [-0.25, -0.2) is 9.13 Å². The molecule has 5 atom stereocenters. The van der Waals surface area contributed by atoms with Crippen molar-refractivity contribution in [3.63, 3.8) is 0 Å². The van der Waals surface area contributed by atoms with Crippen molar-refractivity contribution in [1.29, 1.82) is 0 Å². The zero-order valence-corrected chi connectivity index (χ0v) is 56.7. The third-order valence-corrected chi connectivity index (χ3v) is 17.1. The van der Waals surface area contributed by atoms with Gasteiger partial charge in [-0.05, 0) is 37.5 Å². The molecule has 0 aliphatic heterocycles. The fourth-order valence-corrected chi connectivity index (χ4v) is 11.5. The fourth-order valence-electron chi connectivity index (χ4n) is 9.88. The zero-order valence-electron chi connectivity index (χ0n) is 54.9. The van der Waals surface area contributed by atoms with E-state index in [0.29, 0.717) is 37.5 Å². The molecule has 0 aliphatic carbocycles. The molecule has 0 heterocycles. The Morgan fingerprint density at radius 3 is 0.800 bits per heavy atom. The Hall–Kier alpha value is -1.94. The number of hydrogen-bond donors (Lipinski definition) is 3. The smallest absolute Gasteiger partial charge is 0.462 e. The van der Waals surface area contributed by atoms with E-state index in [1.807, 2.05) is 0 Å². The zero-order chi connectivity index (χ0) is 62.9. The Kier molecular flexibility index (Phi) is 57.1. The van der Waals surface area contributed by atoms with Crippen LogP contribution in [0.15, 0.2) is 0 Å². The maximum atomic E-state index is 13.0. The average molecular weight is 1260 g/mol. The van der Waals surface area contributed by atoms with E-state index in [4.69, 9.17) is 37.0 Å². The number of phosphoric ester groups is 2. The number of ether oxygens (including phenoxy) is 4. The van der Waals surface area contributed by atoms with Crippen molar-refractivity contribution in [3.05, 3.63) is 0 Å². The number of aliphatic hydroxyl groups excluding tert-OH is 1. The van der Waals surface area contributed by atoms with Crippen LogP contribution in [0.3, 0.4) is 0 Å². The summed E-state index contributed by atoms with van der Waals surface area (Å²) in [5.74, 6) is -0.786. The van der Waals surface area contributed by atoms with E-state index < -0.39 is 97.5 Å². The SMILES string of the molecule is CCCCCCCCCCCCCCCCC(=O)O[C@H](COC(=O)CCCCCCCCCCCCCCC)COP(=O)(O)OC[C@@H](O)COP(=O)(O)OC[C@@H](COC(=O)CCCCCCCCC(C)C)OC(=O)CCCCCCCCC(C)C. The molecule has 0 aliphatic rings. The fraction of sp³-hybridized carbons (Fsp3) is 0.939. The van der Waals surface area contributed by atoms with Crippen LogP contribution in [0.4, 0.5) is 0 Å². The van der Waals surface area contributed by atoms with Crippen LogP contribution in [0, 0.1) is 11.8 Å². The molecule has 17 nitrogen and oxygen atoms in total. The molecule has 2 unspecified atom stereocenters. The van der Waals surface area contributed by atoms with Crippen molar-refractivity contribution in [2.75, 3.05) is 39.6 Å². The summed E-state index contributed by atoms with van der Waals surface area (Å²) < 4.78 is 68.0. The van der Waals surface area contributed by atoms with Gasteiger partial charge in [-0.15, -0.1) is 0 Å². The number of carbonyl (C=O) groups is 4. The second kappa shape index (κ2) is 58.4. The molecule has 0 aromatic rings. The number of unbranched alkanes of at least 4 members (excludes halogenated alkanes) is 35. The topological polar surface area (TPSA) is 237 Å². The minimum Gasteiger partial charge on any atom is -0.462 e. The van der Waals surface area contributed by atoms with Gasteiger partial charge in [-0.1, -0.05) is 279 Å². The molecule has 0 aromatic heterocycles. The Morgan fingerprint density at radius 1 is 0.318 bits per heavy atom. The van der Waals surface area contributed by atoms with Gasteiger partial charge in [-0.2, -0.15) is 0 Å². The molecule has 85 heavy (non-hydrogen) atoms. The van der Waals surface area contributed by atoms with Gasteiger partial charge in [0.25, 0.3) is 0 Å². The number of hydrogen-bond acceptors (Lipinski definition) is 15. The largest absolute Gasteiger partial charge is 0.472 e. The first-order valence-electron chi connectivity index (χ1n) is 34.5. The molecular weight excluding hydrogens is 1130 g/mol. The summed E-state index contributed by atoms with van der Waals surface area (Å²) in [6, 6.07) is 0. The van der Waals surface area contributed by atoms with Crippen molar-refractivity contribution in [2.45, 2.75) is 349 Å². The highest BCUT2D eigenvalue weighted by Gasteiger charge is 2.30. The van der Waals surface area contributed by atoms with Crippen LogP contribution in [-0.4, -0.2) is 96.7 Å². The minimum atomic E-state index is -4.95. The highest BCUT2D eigenvalue weighted by Crippen LogP contribution is 2.45. The summed E-state index contributed by atoms with van der Waals surface area (Å²) >= 11 is 0. The van der Waals surface area contributed by atoms with Crippen molar-refractivity contribution in [3.8, 4) is 0 Å². The molecule has 0 spiro atoms. The molecule has 0 fully saturated rings. The normalized spacial score (nSPS) is 14.2. The van der Waals surface area contributed by atoms with Crippen LogP contribution in [-0.2, 0) is 65.4 Å². The predicted molar refractivity (Wildman–Crippen MR) is 340 cm³/mol. The number of phosphoric acid groups is 2. The Balaban J connectivity index is 5.23. The van der Waals surface area contributed by atoms with Gasteiger partial charge in [0.15, 0.2) is 12.2 Å². The molecule has 0 radical (unpaired) electrons. The second-order valence-corrected chi connectivity index (χ2v) is 27.7. The van der Waals surface area contributed by atoms with Gasteiger partial charge in [0.05, 0.1) is 26.4 Å². The highest BCUT2D eigenvalue weighted by molar-refractivity contribution is 7.47. The van der Waals surface area contributed by atoms with E-state index in [9.17, 15) is 43.2 Å². The molecule has 0 amide bonds. The number of aliphatic hydroxyl groups is 1. The van der Waals surface area contributed by atoms with Gasteiger partial charge in [-0.3, -0.25) is 37.3 Å². The molecule has 0 saturated heterocycles. The maximum absolute atomic E-state index is 13.0. The van der Waals surface area contributed by atoms with E-state index in [2.05, 4.69) is 41.5 Å². The standard InChI is InChI=1S/C66H128O17P2/c1-7-9-11-13-15-17-19-21-23-25-27-29-38-44-50-65(70)82-61(54-76-63(68)48-42-36-28-26-24-22-20-18-16-14-12-10-8-2)56-80-84(72,73)78-52-60(67)53-79-85(74,75)81-57-62(83-66(71)51-45-39-33-31-35-41-47-59(5)6)55-77-64(69)49-43-37-32-30-34-40-46-58(3)4/h58-62,67H,7-57H2,1-6H3,(H,72,73)(H,74,75)/t60-,61-,62-/m1/s1. The predicted octanol–water partition coefficient (Wildman–Crippen LogP) is 18.4. The van der Waals surface area contributed by atoms with Gasteiger partial charge in [0.2, 0.25) is 0 Å². The monoisotopic (exact) mass is 1250 g/mol.